The van der Waals surface area contributed by atoms with Gasteiger partial charge in [0.2, 0.25) is 0 Å². The Morgan fingerprint density at radius 2 is 1.71 bits per heavy atom. The summed E-state index contributed by atoms with van der Waals surface area (Å²) in [7, 11) is 0. The zero-order valence-electron chi connectivity index (χ0n) is 15.8. The highest BCUT2D eigenvalue weighted by Crippen LogP contribution is 2.36. The fraction of sp³-hybridized carbons (Fsp3) is 0.0455. The van der Waals surface area contributed by atoms with Gasteiger partial charge in [-0.25, -0.2) is 9.78 Å². The normalized spacial score (nSPS) is 10.9. The lowest BCUT2D eigenvalue weighted by Crippen LogP contribution is -2.16. The number of anilines is 1. The Morgan fingerprint density at radius 1 is 1.00 bits per heavy atom. The third-order valence-corrected chi connectivity index (χ3v) is 7.33. The molecule has 9 heteroatoms. The van der Waals surface area contributed by atoms with E-state index in [4.69, 9.17) is 23.2 Å². The number of rotatable bonds is 6. The van der Waals surface area contributed by atoms with Crippen molar-refractivity contribution in [1.82, 2.24) is 4.98 Å². The molecule has 156 valence electrons. The van der Waals surface area contributed by atoms with E-state index in [1.54, 1.807) is 36.4 Å². The number of fused-ring (bicyclic) bond motifs is 1. The lowest BCUT2D eigenvalue weighted by Gasteiger charge is -2.07. The number of amides is 1. The highest BCUT2D eigenvalue weighted by Gasteiger charge is 2.16. The van der Waals surface area contributed by atoms with Crippen LogP contribution in [-0.2, 0) is 5.75 Å². The van der Waals surface area contributed by atoms with Gasteiger partial charge in [-0.1, -0.05) is 53.2 Å². The number of hydrogen-bond acceptors (Lipinski definition) is 5. The molecule has 1 aromatic heterocycles. The molecule has 0 fully saturated rings. The number of nitrogens with one attached hydrogen (secondary N) is 1. The van der Waals surface area contributed by atoms with Gasteiger partial charge in [-0.05, 0) is 48.0 Å². The van der Waals surface area contributed by atoms with Crippen LogP contribution >= 0.6 is 46.3 Å². The molecule has 0 aliphatic carbocycles. The number of halogens is 2. The number of aromatic nitrogens is 1. The van der Waals surface area contributed by atoms with Gasteiger partial charge in [-0.3, -0.25) is 4.79 Å². The minimum atomic E-state index is -1.15. The summed E-state index contributed by atoms with van der Waals surface area (Å²) < 4.78 is 1.75. The van der Waals surface area contributed by atoms with Crippen molar-refractivity contribution in [2.24, 2.45) is 0 Å². The molecule has 0 aliphatic rings. The van der Waals surface area contributed by atoms with Crippen molar-refractivity contribution in [1.29, 1.82) is 0 Å². The Hall–Kier alpha value is -2.58. The van der Waals surface area contributed by atoms with E-state index in [-0.39, 0.29) is 11.1 Å². The van der Waals surface area contributed by atoms with Gasteiger partial charge in [0, 0.05) is 21.5 Å². The maximum absolute atomic E-state index is 12.6. The third kappa shape index (κ3) is 4.85. The summed E-state index contributed by atoms with van der Waals surface area (Å²) in [4.78, 5) is 28.6. The van der Waals surface area contributed by atoms with Gasteiger partial charge < -0.3 is 10.4 Å². The number of thiazole rings is 1. The molecular weight excluding hydrogens is 475 g/mol. The summed E-state index contributed by atoms with van der Waals surface area (Å²) in [5.74, 6) is -1.04. The Morgan fingerprint density at radius 3 is 2.42 bits per heavy atom. The van der Waals surface area contributed by atoms with Crippen LogP contribution in [0.2, 0.25) is 10.0 Å². The van der Waals surface area contributed by atoms with E-state index in [0.717, 1.165) is 20.1 Å². The fourth-order valence-electron chi connectivity index (χ4n) is 2.91. The van der Waals surface area contributed by atoms with Gasteiger partial charge in [-0.15, -0.1) is 11.3 Å². The third-order valence-electron chi connectivity index (χ3n) is 4.43. The summed E-state index contributed by atoms with van der Waals surface area (Å²) in [5.41, 5.74) is 2.29. The summed E-state index contributed by atoms with van der Waals surface area (Å²) in [5, 5.41) is 13.3. The molecule has 0 saturated heterocycles. The molecule has 0 aliphatic heterocycles. The predicted octanol–water partition coefficient (Wildman–Crippen LogP) is 6.85. The monoisotopic (exact) mass is 488 g/mol. The Kier molecular flexibility index (Phi) is 6.48. The molecule has 4 rings (SSSR count). The van der Waals surface area contributed by atoms with Gasteiger partial charge >= 0.3 is 5.97 Å². The van der Waals surface area contributed by atoms with Gasteiger partial charge in [0.05, 0.1) is 21.3 Å². The number of aromatic carboxylic acids is 1. The van der Waals surface area contributed by atoms with Crippen LogP contribution in [0.5, 0.6) is 0 Å². The second kappa shape index (κ2) is 9.28. The molecule has 1 amide bonds. The summed E-state index contributed by atoms with van der Waals surface area (Å²) in [6, 6.07) is 16.9. The predicted molar refractivity (Wildman–Crippen MR) is 127 cm³/mol. The molecule has 31 heavy (non-hydrogen) atoms. The van der Waals surface area contributed by atoms with Crippen molar-refractivity contribution in [2.75, 3.05) is 5.32 Å². The lowest BCUT2D eigenvalue weighted by molar-refractivity contribution is 0.0692. The quantitative estimate of drug-likeness (QED) is 0.290. The zero-order chi connectivity index (χ0) is 22.0. The standard InChI is InChI=1S/C22H14Cl2N2O3S2/c23-16-6-3-7-17(24)15(16)11-30-22-26-18-9-8-12(10-19(18)31-22)25-20(27)13-4-1-2-5-14(13)21(28)29/h1-10H,11H2,(H,25,27)(H,28,29). The maximum Gasteiger partial charge on any atom is 0.336 e. The van der Waals surface area contributed by atoms with E-state index in [1.165, 1.54) is 35.2 Å². The SMILES string of the molecule is O=C(O)c1ccccc1C(=O)Nc1ccc2nc(SCc3c(Cl)cccc3Cl)sc2c1. The topological polar surface area (TPSA) is 79.3 Å². The van der Waals surface area contributed by atoms with Gasteiger partial charge in [-0.2, -0.15) is 0 Å². The molecular formula is C22H14Cl2N2O3S2. The van der Waals surface area contributed by atoms with Gasteiger partial charge in [0.15, 0.2) is 4.34 Å². The molecule has 5 nitrogen and oxygen atoms in total. The molecule has 0 unspecified atom stereocenters. The Balaban J connectivity index is 1.52. The van der Waals surface area contributed by atoms with Crippen LogP contribution in [0, 0.1) is 0 Å². The molecule has 0 bridgehead atoms. The number of nitrogens with zero attached hydrogens (tertiary/aromatic N) is 1. The highest BCUT2D eigenvalue weighted by molar-refractivity contribution is 8.00. The number of hydrogen-bond donors (Lipinski definition) is 2. The van der Waals surface area contributed by atoms with E-state index >= 15 is 0 Å². The van der Waals surface area contributed by atoms with Crippen LogP contribution in [-0.4, -0.2) is 22.0 Å². The lowest BCUT2D eigenvalue weighted by atomic mass is 10.1. The number of carbonyl (C=O) groups is 2. The van der Waals surface area contributed by atoms with E-state index in [9.17, 15) is 14.7 Å². The van der Waals surface area contributed by atoms with Crippen molar-refractivity contribution < 1.29 is 14.7 Å². The van der Waals surface area contributed by atoms with Crippen LogP contribution in [0.3, 0.4) is 0 Å². The molecule has 0 saturated carbocycles. The smallest absolute Gasteiger partial charge is 0.336 e. The maximum atomic E-state index is 12.6. The van der Waals surface area contributed by atoms with E-state index < -0.39 is 11.9 Å². The van der Waals surface area contributed by atoms with Gasteiger partial charge in [0.25, 0.3) is 5.91 Å². The van der Waals surface area contributed by atoms with Crippen LogP contribution in [0.15, 0.2) is 65.0 Å². The number of thioether (sulfide) groups is 1. The molecule has 0 spiro atoms. The summed E-state index contributed by atoms with van der Waals surface area (Å²) in [6.45, 7) is 0. The first-order chi connectivity index (χ1) is 14.9. The van der Waals surface area contributed by atoms with Crippen LogP contribution in [0.25, 0.3) is 10.2 Å². The first-order valence-corrected chi connectivity index (χ1v) is 11.6. The molecule has 2 N–H and O–H groups in total. The van der Waals surface area contributed by atoms with Crippen molar-refractivity contribution in [3.05, 3.63) is 87.4 Å². The fourth-order valence-corrected chi connectivity index (χ4v) is 5.76. The molecule has 0 atom stereocenters. The minimum Gasteiger partial charge on any atom is -0.478 e. The molecule has 0 radical (unpaired) electrons. The van der Waals surface area contributed by atoms with E-state index in [1.807, 2.05) is 12.1 Å². The van der Waals surface area contributed by atoms with E-state index in [2.05, 4.69) is 10.3 Å². The number of carbonyl (C=O) groups excluding carboxylic acids is 1. The van der Waals surface area contributed by atoms with Crippen molar-refractivity contribution in [2.45, 2.75) is 10.1 Å². The van der Waals surface area contributed by atoms with Crippen molar-refractivity contribution >= 4 is 74.1 Å². The minimum absolute atomic E-state index is 0.0456. The molecule has 3 aromatic carbocycles. The Labute approximate surface area is 196 Å². The molecule has 4 aromatic rings. The Bertz CT molecular complexity index is 1290. The second-order valence-corrected chi connectivity index (χ2v) is 9.52. The van der Waals surface area contributed by atoms with Crippen molar-refractivity contribution in [3.8, 4) is 0 Å². The summed E-state index contributed by atoms with van der Waals surface area (Å²) in [6.07, 6.45) is 0. The van der Waals surface area contributed by atoms with Gasteiger partial charge in [0.1, 0.15) is 0 Å². The van der Waals surface area contributed by atoms with Crippen LogP contribution in [0.1, 0.15) is 26.3 Å². The average Bonchev–Trinajstić information content (AvgIpc) is 3.15. The second-order valence-electron chi connectivity index (χ2n) is 6.46. The first kappa shape index (κ1) is 21.6. The van der Waals surface area contributed by atoms with Crippen molar-refractivity contribution in [3.63, 3.8) is 0 Å². The highest BCUT2D eigenvalue weighted by atomic mass is 35.5. The largest absolute Gasteiger partial charge is 0.478 e. The van der Waals surface area contributed by atoms with Crippen LogP contribution < -0.4 is 5.32 Å². The number of carboxylic acid groups (broad SMARTS) is 1. The summed E-state index contributed by atoms with van der Waals surface area (Å²) >= 11 is 15.5. The number of carboxylic acids is 1. The number of benzene rings is 3. The average molecular weight is 489 g/mol. The van der Waals surface area contributed by atoms with Crippen LogP contribution in [0.4, 0.5) is 5.69 Å². The zero-order valence-corrected chi connectivity index (χ0v) is 18.9. The molecule has 1 heterocycles. The first-order valence-electron chi connectivity index (χ1n) is 9.02. The van der Waals surface area contributed by atoms with E-state index in [0.29, 0.717) is 21.5 Å².